The molecule has 1 aromatic heterocycles. The maximum atomic E-state index is 4.43. The fourth-order valence-corrected chi connectivity index (χ4v) is 11.3. The number of hydrogen-bond acceptors (Lipinski definition) is 4. The van der Waals surface area contributed by atoms with E-state index >= 15 is 0 Å². The molecule has 0 unspecified atom stereocenters. The first kappa shape index (κ1) is 37.2. The molecule has 5 heteroatoms. The first-order chi connectivity index (χ1) is 32.3. The van der Waals surface area contributed by atoms with E-state index in [9.17, 15) is 0 Å². The molecule has 65 heavy (non-hydrogen) atoms. The Morgan fingerprint density at radius 2 is 0.831 bits per heavy atom. The molecular formula is C60H41BN4. The van der Waals surface area contributed by atoms with Crippen LogP contribution in [0.15, 0.2) is 249 Å². The minimum Gasteiger partial charge on any atom is -0.309 e. The van der Waals surface area contributed by atoms with Crippen LogP contribution < -0.4 is 31.1 Å². The van der Waals surface area contributed by atoms with Crippen molar-refractivity contribution in [1.82, 2.24) is 4.98 Å². The smallest absolute Gasteiger partial charge is 0.247 e. The van der Waals surface area contributed by atoms with Crippen molar-refractivity contribution in [2.24, 2.45) is 0 Å². The highest BCUT2D eigenvalue weighted by Gasteiger charge is 2.53. The molecule has 0 saturated heterocycles. The Labute approximate surface area is 380 Å². The van der Waals surface area contributed by atoms with Crippen LogP contribution in [0.2, 0.25) is 0 Å². The molecule has 10 aromatic rings. The second-order valence-corrected chi connectivity index (χ2v) is 17.0. The van der Waals surface area contributed by atoms with E-state index in [4.69, 9.17) is 0 Å². The van der Waals surface area contributed by atoms with E-state index in [0.29, 0.717) is 0 Å². The van der Waals surface area contributed by atoms with Crippen LogP contribution in [-0.4, -0.2) is 11.7 Å². The molecule has 0 amide bonds. The standard InChI is InChI=1S/C60H41BN4/c1-5-21-43(22-6-1)60(44-23-7-2-8-24-44)48-30-14-15-31-50(48)61-51-32-16-18-34-53(51)63(45-25-9-3-10-26-45)59-57(61)49(60)41-56-58(59)64(46-27-11-4-12-28-46)54-35-19-20-36-55(54)65(56)52-33-17-13-29-47(52)42-37-39-62-40-38-42/h1-41H. The third kappa shape index (κ3) is 5.42. The number of hydrogen-bond donors (Lipinski definition) is 0. The number of nitrogens with zero attached hydrogens (tertiary/aromatic N) is 4. The average molecular weight is 829 g/mol. The van der Waals surface area contributed by atoms with Gasteiger partial charge >= 0.3 is 0 Å². The Morgan fingerprint density at radius 3 is 1.46 bits per heavy atom. The zero-order chi connectivity index (χ0) is 42.9. The van der Waals surface area contributed by atoms with Gasteiger partial charge in [0.25, 0.3) is 0 Å². The van der Waals surface area contributed by atoms with Gasteiger partial charge in [-0.05, 0) is 105 Å². The van der Waals surface area contributed by atoms with Gasteiger partial charge in [-0.15, -0.1) is 0 Å². The van der Waals surface area contributed by atoms with Crippen LogP contribution in [0.1, 0.15) is 22.3 Å². The van der Waals surface area contributed by atoms with E-state index in [1.807, 2.05) is 12.4 Å². The van der Waals surface area contributed by atoms with Crippen molar-refractivity contribution in [3.63, 3.8) is 0 Å². The van der Waals surface area contributed by atoms with E-state index in [2.05, 4.69) is 256 Å². The van der Waals surface area contributed by atoms with Crippen molar-refractivity contribution in [2.75, 3.05) is 14.7 Å². The maximum absolute atomic E-state index is 4.43. The molecule has 0 N–H and O–H groups in total. The number of benzene rings is 9. The minimum absolute atomic E-state index is 0.0643. The van der Waals surface area contributed by atoms with Gasteiger partial charge in [0.2, 0.25) is 6.71 Å². The van der Waals surface area contributed by atoms with Gasteiger partial charge in [0.05, 0.1) is 39.5 Å². The van der Waals surface area contributed by atoms with Gasteiger partial charge in [0.15, 0.2) is 0 Å². The van der Waals surface area contributed by atoms with Crippen molar-refractivity contribution in [3.05, 3.63) is 271 Å². The fourth-order valence-electron chi connectivity index (χ4n) is 11.3. The summed E-state index contributed by atoms with van der Waals surface area (Å²) in [6, 6.07) is 87.3. The van der Waals surface area contributed by atoms with Crippen LogP contribution in [0, 0.1) is 0 Å². The van der Waals surface area contributed by atoms with Crippen molar-refractivity contribution in [3.8, 4) is 11.1 Å². The number of anilines is 9. The molecule has 0 fully saturated rings. The number of aromatic nitrogens is 1. The molecule has 0 saturated carbocycles. The molecule has 0 aliphatic carbocycles. The van der Waals surface area contributed by atoms with Crippen molar-refractivity contribution < 1.29 is 0 Å². The lowest BCUT2D eigenvalue weighted by molar-refractivity contribution is 0.750. The van der Waals surface area contributed by atoms with Gasteiger partial charge in [-0.25, -0.2) is 0 Å². The van der Waals surface area contributed by atoms with Gasteiger partial charge < -0.3 is 14.7 Å². The summed E-state index contributed by atoms with van der Waals surface area (Å²) < 4.78 is 0. The highest BCUT2D eigenvalue weighted by molar-refractivity contribution is 6.99. The SMILES string of the molecule is c1ccc(N2c3ccccc3N(c3ccccc3-c3ccncc3)c3cc4c5c(c32)N(c2ccccc2)c2ccccc2B5c2ccccc2C4(c2ccccc2)c2ccccc2)cc1. The van der Waals surface area contributed by atoms with Crippen LogP contribution >= 0.6 is 0 Å². The Morgan fingerprint density at radius 1 is 0.354 bits per heavy atom. The quantitative estimate of drug-likeness (QED) is 0.156. The molecule has 0 atom stereocenters. The summed E-state index contributed by atoms with van der Waals surface area (Å²) >= 11 is 0. The summed E-state index contributed by atoms with van der Waals surface area (Å²) in [4.78, 5) is 12.1. The lowest BCUT2D eigenvalue weighted by Crippen LogP contribution is -2.65. The second kappa shape index (κ2) is 14.9. The third-order valence-electron chi connectivity index (χ3n) is 13.8. The number of fused-ring (bicyclic) bond motifs is 7. The zero-order valence-electron chi connectivity index (χ0n) is 35.5. The summed E-state index contributed by atoms with van der Waals surface area (Å²) in [7, 11) is 0. The van der Waals surface area contributed by atoms with Gasteiger partial charge in [0, 0.05) is 35.0 Å². The predicted octanol–water partition coefficient (Wildman–Crippen LogP) is 13.0. The lowest BCUT2D eigenvalue weighted by atomic mass is 9.29. The van der Waals surface area contributed by atoms with Crippen molar-refractivity contribution in [2.45, 2.75) is 5.41 Å². The Bertz CT molecular complexity index is 3360. The molecule has 0 radical (unpaired) electrons. The molecule has 304 valence electrons. The van der Waals surface area contributed by atoms with Crippen LogP contribution in [0.25, 0.3) is 11.1 Å². The molecule has 3 aliphatic rings. The fraction of sp³-hybridized carbons (Fsp3) is 0.0167. The Kier molecular flexibility index (Phi) is 8.50. The molecule has 9 aromatic carbocycles. The molecule has 0 spiro atoms. The Hall–Kier alpha value is -8.41. The van der Waals surface area contributed by atoms with E-state index < -0.39 is 5.41 Å². The predicted molar refractivity (Wildman–Crippen MR) is 270 cm³/mol. The van der Waals surface area contributed by atoms with Gasteiger partial charge in [-0.1, -0.05) is 175 Å². The van der Waals surface area contributed by atoms with Gasteiger partial charge in [-0.2, -0.15) is 0 Å². The molecule has 13 rings (SSSR count). The van der Waals surface area contributed by atoms with Gasteiger partial charge in [-0.3, -0.25) is 4.98 Å². The zero-order valence-corrected chi connectivity index (χ0v) is 35.5. The molecule has 0 bridgehead atoms. The number of rotatable bonds is 6. The third-order valence-corrected chi connectivity index (χ3v) is 13.8. The van der Waals surface area contributed by atoms with Crippen LogP contribution in [-0.2, 0) is 5.41 Å². The summed E-state index contributed by atoms with van der Waals surface area (Å²) in [5.41, 5.74) is 20.5. The lowest BCUT2D eigenvalue weighted by Gasteiger charge is -2.52. The summed E-state index contributed by atoms with van der Waals surface area (Å²) in [6.45, 7) is -0.0643. The summed E-state index contributed by atoms with van der Waals surface area (Å²) in [6.07, 6.45) is 3.78. The minimum atomic E-state index is -0.700. The van der Waals surface area contributed by atoms with Gasteiger partial charge in [0.1, 0.15) is 0 Å². The van der Waals surface area contributed by atoms with Crippen LogP contribution in [0.5, 0.6) is 0 Å². The summed E-state index contributed by atoms with van der Waals surface area (Å²) in [5.74, 6) is 0. The first-order valence-corrected chi connectivity index (χ1v) is 22.4. The van der Waals surface area contributed by atoms with E-state index in [0.717, 1.165) is 50.9 Å². The maximum Gasteiger partial charge on any atom is 0.247 e. The summed E-state index contributed by atoms with van der Waals surface area (Å²) in [5, 5.41) is 0. The van der Waals surface area contributed by atoms with E-state index in [1.165, 1.54) is 50.0 Å². The van der Waals surface area contributed by atoms with Crippen LogP contribution in [0.4, 0.5) is 51.2 Å². The topological polar surface area (TPSA) is 22.6 Å². The number of para-hydroxylation sites is 6. The van der Waals surface area contributed by atoms with Crippen molar-refractivity contribution >= 4 is 74.3 Å². The van der Waals surface area contributed by atoms with E-state index in [1.54, 1.807) is 0 Å². The largest absolute Gasteiger partial charge is 0.309 e. The normalized spacial score (nSPS) is 13.8. The molecule has 4 nitrogen and oxygen atoms in total. The molecule has 4 heterocycles. The molecule has 3 aliphatic heterocycles. The number of pyridine rings is 1. The molecular weight excluding hydrogens is 787 g/mol. The van der Waals surface area contributed by atoms with Crippen molar-refractivity contribution in [1.29, 1.82) is 0 Å². The van der Waals surface area contributed by atoms with E-state index in [-0.39, 0.29) is 6.71 Å². The highest BCUT2D eigenvalue weighted by Crippen LogP contribution is 2.62. The average Bonchev–Trinajstić information content (AvgIpc) is 3.39. The first-order valence-electron chi connectivity index (χ1n) is 22.4. The van der Waals surface area contributed by atoms with Crippen LogP contribution in [0.3, 0.4) is 0 Å². The Balaban J connectivity index is 1.28. The second-order valence-electron chi connectivity index (χ2n) is 17.0. The highest BCUT2D eigenvalue weighted by atomic mass is 15.3. The monoisotopic (exact) mass is 828 g/mol.